The molecular formula is C16H18N4O2S2. The van der Waals surface area contributed by atoms with E-state index in [0.717, 1.165) is 31.2 Å². The first-order valence-electron chi connectivity index (χ1n) is 7.80. The molecule has 126 valence electrons. The van der Waals surface area contributed by atoms with Gasteiger partial charge in [0.1, 0.15) is 16.3 Å². The number of hydrogen-bond acceptors (Lipinski definition) is 6. The lowest BCUT2D eigenvalue weighted by Gasteiger charge is -2.09. The maximum absolute atomic E-state index is 12.4. The number of thiophene rings is 1. The topological polar surface area (TPSA) is 85.6 Å². The van der Waals surface area contributed by atoms with Gasteiger partial charge in [0.2, 0.25) is 11.8 Å². The highest BCUT2D eigenvalue weighted by Crippen LogP contribution is 2.38. The Morgan fingerprint density at radius 1 is 1.46 bits per heavy atom. The molecular weight excluding hydrogens is 344 g/mol. The van der Waals surface area contributed by atoms with Crippen molar-refractivity contribution < 1.29 is 9.59 Å². The van der Waals surface area contributed by atoms with E-state index >= 15 is 0 Å². The van der Waals surface area contributed by atoms with E-state index < -0.39 is 5.25 Å². The number of thioether (sulfide) groups is 1. The van der Waals surface area contributed by atoms with Crippen molar-refractivity contribution in [2.45, 2.75) is 37.4 Å². The molecule has 0 saturated carbocycles. The second-order valence-electron chi connectivity index (χ2n) is 5.79. The standard InChI is InChI=1S/C16H18N4O2S2/c1-18-16-20(2)15(22)12(24-16)7-13(21)19-14-10(8-17)9-5-3-4-6-11(9)23-14/h12H,3-7H2,1-2H3,(H,19,21)/t12-/m1/s1. The summed E-state index contributed by atoms with van der Waals surface area (Å²) in [5.74, 6) is -0.344. The number of nitriles is 1. The van der Waals surface area contributed by atoms with Crippen molar-refractivity contribution >= 4 is 45.1 Å². The van der Waals surface area contributed by atoms with Gasteiger partial charge in [-0.25, -0.2) is 0 Å². The molecule has 24 heavy (non-hydrogen) atoms. The highest BCUT2D eigenvalue weighted by molar-refractivity contribution is 8.15. The summed E-state index contributed by atoms with van der Waals surface area (Å²) in [5, 5.41) is 13.1. The third-order valence-electron chi connectivity index (χ3n) is 4.24. The van der Waals surface area contributed by atoms with Crippen LogP contribution in [-0.2, 0) is 22.4 Å². The normalized spacial score (nSPS) is 21.7. The molecule has 0 spiro atoms. The summed E-state index contributed by atoms with van der Waals surface area (Å²) in [5.41, 5.74) is 1.69. The van der Waals surface area contributed by atoms with Crippen molar-refractivity contribution in [2.24, 2.45) is 4.99 Å². The Morgan fingerprint density at radius 3 is 2.88 bits per heavy atom. The molecule has 1 aliphatic carbocycles. The fourth-order valence-electron chi connectivity index (χ4n) is 3.02. The van der Waals surface area contributed by atoms with Gasteiger partial charge in [0, 0.05) is 25.4 Å². The average Bonchev–Trinajstić information content (AvgIpc) is 3.06. The number of carbonyl (C=O) groups excluding carboxylic acids is 2. The zero-order chi connectivity index (χ0) is 17.3. The summed E-state index contributed by atoms with van der Waals surface area (Å²) in [6.07, 6.45) is 4.18. The number of fused-ring (bicyclic) bond motifs is 1. The molecule has 0 unspecified atom stereocenters. The van der Waals surface area contributed by atoms with E-state index in [1.807, 2.05) is 0 Å². The van der Waals surface area contributed by atoms with E-state index in [-0.39, 0.29) is 18.2 Å². The predicted molar refractivity (Wildman–Crippen MR) is 96.4 cm³/mol. The van der Waals surface area contributed by atoms with Crippen LogP contribution in [0.3, 0.4) is 0 Å². The van der Waals surface area contributed by atoms with Crippen molar-refractivity contribution in [1.29, 1.82) is 5.26 Å². The average molecular weight is 362 g/mol. The molecule has 6 nitrogen and oxygen atoms in total. The van der Waals surface area contributed by atoms with Gasteiger partial charge in [0.25, 0.3) is 0 Å². The summed E-state index contributed by atoms with van der Waals surface area (Å²) in [4.78, 5) is 31.2. The lowest BCUT2D eigenvalue weighted by molar-refractivity contribution is -0.127. The van der Waals surface area contributed by atoms with Gasteiger partial charge in [-0.15, -0.1) is 11.3 Å². The van der Waals surface area contributed by atoms with Gasteiger partial charge in [0.05, 0.1) is 5.56 Å². The van der Waals surface area contributed by atoms with Gasteiger partial charge < -0.3 is 5.32 Å². The van der Waals surface area contributed by atoms with Gasteiger partial charge in [-0.05, 0) is 31.2 Å². The largest absolute Gasteiger partial charge is 0.317 e. The molecule has 8 heteroatoms. The van der Waals surface area contributed by atoms with Crippen molar-refractivity contribution in [2.75, 3.05) is 19.4 Å². The highest BCUT2D eigenvalue weighted by Gasteiger charge is 2.36. The molecule has 1 aliphatic heterocycles. The smallest absolute Gasteiger partial charge is 0.242 e. The monoisotopic (exact) mass is 362 g/mol. The Hall–Kier alpha value is -1.85. The number of rotatable bonds is 3. The van der Waals surface area contributed by atoms with Crippen LogP contribution in [0.5, 0.6) is 0 Å². The summed E-state index contributed by atoms with van der Waals surface area (Å²) >= 11 is 2.81. The molecule has 1 aromatic heterocycles. The van der Waals surface area contributed by atoms with E-state index in [1.165, 1.54) is 32.9 Å². The van der Waals surface area contributed by atoms with E-state index in [4.69, 9.17) is 0 Å². The van der Waals surface area contributed by atoms with Gasteiger partial charge in [-0.3, -0.25) is 19.5 Å². The van der Waals surface area contributed by atoms with Crippen molar-refractivity contribution in [1.82, 2.24) is 4.90 Å². The zero-order valence-electron chi connectivity index (χ0n) is 13.6. The van der Waals surface area contributed by atoms with Crippen LogP contribution in [0.2, 0.25) is 0 Å². The molecule has 0 aromatic carbocycles. The minimum Gasteiger partial charge on any atom is -0.317 e. The SMILES string of the molecule is CN=C1S[C@H](CC(=O)Nc2sc3c(c2C#N)CCCC3)C(=O)N1C. The highest BCUT2D eigenvalue weighted by atomic mass is 32.2. The third-order valence-corrected chi connectivity index (χ3v) is 6.77. The van der Waals surface area contributed by atoms with Crippen LogP contribution in [0.25, 0.3) is 0 Å². The number of aliphatic imine (C=N–C) groups is 1. The van der Waals surface area contributed by atoms with Gasteiger partial charge >= 0.3 is 0 Å². The van der Waals surface area contributed by atoms with Crippen LogP contribution in [0.15, 0.2) is 4.99 Å². The fraction of sp³-hybridized carbons (Fsp3) is 0.500. The van der Waals surface area contributed by atoms with Crippen LogP contribution in [0.1, 0.15) is 35.3 Å². The van der Waals surface area contributed by atoms with E-state index in [1.54, 1.807) is 14.1 Å². The minimum atomic E-state index is -0.450. The Kier molecular flexibility index (Phi) is 4.92. The second kappa shape index (κ2) is 6.95. The number of nitrogens with one attached hydrogen (secondary N) is 1. The van der Waals surface area contributed by atoms with E-state index in [9.17, 15) is 14.9 Å². The number of amides is 2. The number of anilines is 1. The van der Waals surface area contributed by atoms with Crippen LogP contribution in [-0.4, -0.2) is 41.2 Å². The number of nitrogens with zero attached hydrogens (tertiary/aromatic N) is 3. The molecule has 3 rings (SSSR count). The van der Waals surface area contributed by atoms with Crippen LogP contribution < -0.4 is 5.32 Å². The molecule has 2 amide bonds. The van der Waals surface area contributed by atoms with Gasteiger partial charge in [-0.1, -0.05) is 11.8 Å². The Morgan fingerprint density at radius 2 is 2.21 bits per heavy atom. The van der Waals surface area contributed by atoms with Crippen molar-refractivity contribution in [3.63, 3.8) is 0 Å². The quantitative estimate of drug-likeness (QED) is 0.894. The maximum Gasteiger partial charge on any atom is 0.242 e. The number of aryl methyl sites for hydroxylation is 1. The van der Waals surface area contributed by atoms with Crippen molar-refractivity contribution in [3.8, 4) is 6.07 Å². The lowest BCUT2D eigenvalue weighted by Crippen LogP contribution is -2.30. The predicted octanol–water partition coefficient (Wildman–Crippen LogP) is 2.39. The number of carbonyl (C=O) groups is 2. The second-order valence-corrected chi connectivity index (χ2v) is 8.06. The summed E-state index contributed by atoms with van der Waals surface area (Å²) in [6.45, 7) is 0. The molecule has 0 radical (unpaired) electrons. The molecule has 2 aliphatic rings. The lowest BCUT2D eigenvalue weighted by atomic mass is 9.96. The molecule has 1 saturated heterocycles. The van der Waals surface area contributed by atoms with E-state index in [0.29, 0.717) is 15.7 Å². The van der Waals surface area contributed by atoms with Crippen LogP contribution in [0.4, 0.5) is 5.00 Å². The number of hydrogen-bond donors (Lipinski definition) is 1. The van der Waals surface area contributed by atoms with Crippen LogP contribution in [0, 0.1) is 11.3 Å². The summed E-state index contributed by atoms with van der Waals surface area (Å²) in [6, 6.07) is 2.23. The molecule has 2 heterocycles. The first-order valence-corrected chi connectivity index (χ1v) is 9.50. The minimum absolute atomic E-state index is 0.0836. The summed E-state index contributed by atoms with van der Waals surface area (Å²) < 4.78 is 0. The molecule has 1 fully saturated rings. The molecule has 1 atom stereocenters. The summed E-state index contributed by atoms with van der Waals surface area (Å²) in [7, 11) is 3.29. The Labute approximate surface area is 148 Å². The van der Waals surface area contributed by atoms with Gasteiger partial charge in [-0.2, -0.15) is 5.26 Å². The third kappa shape index (κ3) is 3.06. The Bertz CT molecular complexity index is 763. The zero-order valence-corrected chi connectivity index (χ0v) is 15.2. The molecule has 0 bridgehead atoms. The first-order chi connectivity index (χ1) is 11.5. The number of amidine groups is 1. The van der Waals surface area contributed by atoms with Crippen molar-refractivity contribution in [3.05, 3.63) is 16.0 Å². The maximum atomic E-state index is 12.4. The molecule has 1 N–H and O–H groups in total. The fourth-order valence-corrected chi connectivity index (χ4v) is 5.37. The van der Waals surface area contributed by atoms with E-state index in [2.05, 4.69) is 16.4 Å². The van der Waals surface area contributed by atoms with Crippen LogP contribution >= 0.6 is 23.1 Å². The van der Waals surface area contributed by atoms with Gasteiger partial charge in [0.15, 0.2) is 5.17 Å². The Balaban J connectivity index is 1.71. The first kappa shape index (κ1) is 17.0. The molecule has 1 aromatic rings.